The Balaban J connectivity index is 1.46. The molecule has 1 aliphatic heterocycles. The fourth-order valence-corrected chi connectivity index (χ4v) is 4.12. The van der Waals surface area contributed by atoms with Crippen LogP contribution in [-0.4, -0.2) is 34.3 Å². The van der Waals surface area contributed by atoms with Crippen molar-refractivity contribution in [3.05, 3.63) is 64.2 Å². The Hall–Kier alpha value is -3.13. The highest BCUT2D eigenvalue weighted by Crippen LogP contribution is 2.19. The molecule has 0 radical (unpaired) electrons. The molecule has 0 fully saturated rings. The number of thioether (sulfide) groups is 1. The highest BCUT2D eigenvalue weighted by molar-refractivity contribution is 7.98. The fraction of sp³-hybridized carbons (Fsp3) is 0.304. The van der Waals surface area contributed by atoms with E-state index in [4.69, 9.17) is 4.74 Å². The van der Waals surface area contributed by atoms with Gasteiger partial charge in [-0.25, -0.2) is 9.78 Å². The number of aryl methyl sites for hydroxylation is 1. The molecule has 0 spiro atoms. The average molecular weight is 438 g/mol. The third-order valence-electron chi connectivity index (χ3n) is 5.24. The van der Waals surface area contributed by atoms with Crippen molar-refractivity contribution < 1.29 is 14.3 Å². The number of rotatable bonds is 5. The Kier molecular flexibility index (Phi) is 6.36. The number of hydrogen-bond donors (Lipinski definition) is 1. The molecule has 1 aromatic heterocycles. The van der Waals surface area contributed by atoms with Crippen molar-refractivity contribution in [3.8, 4) is 0 Å². The second kappa shape index (κ2) is 9.34. The summed E-state index contributed by atoms with van der Waals surface area (Å²) in [6.07, 6.45) is 5.73. The number of benzene rings is 2. The van der Waals surface area contributed by atoms with Gasteiger partial charge in [-0.2, -0.15) is 0 Å². The Morgan fingerprint density at radius 3 is 2.87 bits per heavy atom. The van der Waals surface area contributed by atoms with Crippen LogP contribution in [0.2, 0.25) is 0 Å². The molecule has 1 N–H and O–H groups in total. The molecule has 0 unspecified atom stereocenters. The van der Waals surface area contributed by atoms with Gasteiger partial charge in [0.05, 0.1) is 16.5 Å². The number of hydrogen-bond acceptors (Lipinski definition) is 6. The van der Waals surface area contributed by atoms with E-state index in [0.29, 0.717) is 23.1 Å². The molecule has 1 aliphatic rings. The molecule has 0 atom stereocenters. The van der Waals surface area contributed by atoms with E-state index < -0.39 is 18.5 Å². The van der Waals surface area contributed by atoms with E-state index in [0.717, 1.165) is 36.4 Å². The van der Waals surface area contributed by atoms with Crippen LogP contribution >= 0.6 is 11.8 Å². The topological polar surface area (TPSA) is 90.3 Å². The van der Waals surface area contributed by atoms with E-state index in [-0.39, 0.29) is 11.1 Å². The summed E-state index contributed by atoms with van der Waals surface area (Å²) in [5.74, 6) is -0.298. The van der Waals surface area contributed by atoms with Gasteiger partial charge in [-0.3, -0.25) is 14.2 Å². The van der Waals surface area contributed by atoms with Gasteiger partial charge in [0.1, 0.15) is 5.82 Å². The minimum atomic E-state index is -0.633. The first-order valence-corrected chi connectivity index (χ1v) is 11.4. The lowest BCUT2D eigenvalue weighted by Crippen LogP contribution is -2.25. The van der Waals surface area contributed by atoms with Crippen molar-refractivity contribution in [2.75, 3.05) is 18.2 Å². The summed E-state index contributed by atoms with van der Waals surface area (Å²) in [6, 6.07) is 12.1. The first kappa shape index (κ1) is 21.1. The molecule has 3 aromatic rings. The zero-order valence-corrected chi connectivity index (χ0v) is 18.0. The maximum atomic E-state index is 12.8. The second-order valence-corrected chi connectivity index (χ2v) is 8.26. The molecule has 4 rings (SSSR count). The van der Waals surface area contributed by atoms with Crippen LogP contribution in [0.15, 0.2) is 52.2 Å². The summed E-state index contributed by atoms with van der Waals surface area (Å²) in [5, 5.41) is 3.19. The minimum absolute atomic E-state index is 0.0753. The second-order valence-electron chi connectivity index (χ2n) is 7.38. The molecule has 8 heteroatoms. The van der Waals surface area contributed by atoms with Crippen LogP contribution in [0.5, 0.6) is 0 Å². The summed E-state index contributed by atoms with van der Waals surface area (Å²) in [5.41, 5.74) is 1.30. The van der Waals surface area contributed by atoms with Gasteiger partial charge >= 0.3 is 5.97 Å². The van der Waals surface area contributed by atoms with E-state index in [9.17, 15) is 14.4 Å². The van der Waals surface area contributed by atoms with Crippen LogP contribution < -0.4 is 10.9 Å². The van der Waals surface area contributed by atoms with E-state index in [2.05, 4.69) is 10.3 Å². The van der Waals surface area contributed by atoms with Gasteiger partial charge < -0.3 is 10.1 Å². The molecule has 2 aromatic carbocycles. The molecule has 2 heterocycles. The lowest BCUT2D eigenvalue weighted by molar-refractivity contribution is -0.119. The van der Waals surface area contributed by atoms with Gasteiger partial charge in [-0.1, -0.05) is 12.5 Å². The van der Waals surface area contributed by atoms with Crippen LogP contribution in [-0.2, 0) is 22.5 Å². The number of fused-ring (bicyclic) bond motifs is 2. The van der Waals surface area contributed by atoms with Gasteiger partial charge in [0, 0.05) is 23.5 Å². The number of ether oxygens (including phenoxy) is 1. The standard InChI is InChI=1S/C23H23N3O4S/c1-31-17-7-5-6-16(13-17)24-21(27)14-30-23(29)15-9-10-18-19(12-15)25-20-8-3-2-4-11-26(20)22(18)28/h5-7,9-10,12-13H,2-4,8,11,14H2,1H3,(H,24,27). The predicted molar refractivity (Wildman–Crippen MR) is 121 cm³/mol. The molecule has 0 saturated heterocycles. The van der Waals surface area contributed by atoms with Crippen LogP contribution in [0.1, 0.15) is 35.4 Å². The number of carbonyl (C=O) groups is 2. The van der Waals surface area contributed by atoms with E-state index in [1.54, 1.807) is 34.5 Å². The van der Waals surface area contributed by atoms with E-state index in [1.165, 1.54) is 6.07 Å². The molecule has 0 saturated carbocycles. The molecule has 0 aliphatic carbocycles. The summed E-state index contributed by atoms with van der Waals surface area (Å²) >= 11 is 1.57. The highest BCUT2D eigenvalue weighted by Gasteiger charge is 2.16. The lowest BCUT2D eigenvalue weighted by Gasteiger charge is -2.11. The molecule has 1 amide bonds. The zero-order valence-electron chi connectivity index (χ0n) is 17.2. The molecule has 0 bridgehead atoms. The number of carbonyl (C=O) groups excluding carboxylic acids is 2. The van der Waals surface area contributed by atoms with Crippen LogP contribution in [0, 0.1) is 0 Å². The average Bonchev–Trinajstić information content (AvgIpc) is 3.03. The Morgan fingerprint density at radius 2 is 2.03 bits per heavy atom. The SMILES string of the molecule is CSc1cccc(NC(=O)COC(=O)c2ccc3c(=O)n4c(nc3c2)CCCCC4)c1. The normalized spacial score (nSPS) is 13.3. The molecule has 7 nitrogen and oxygen atoms in total. The Labute approximate surface area is 183 Å². The number of esters is 1. The van der Waals surface area contributed by atoms with Gasteiger partial charge in [0.15, 0.2) is 6.61 Å². The third-order valence-corrected chi connectivity index (χ3v) is 5.97. The van der Waals surface area contributed by atoms with Crippen molar-refractivity contribution in [2.45, 2.75) is 37.1 Å². The first-order chi connectivity index (χ1) is 15.0. The number of amides is 1. The van der Waals surface area contributed by atoms with Gasteiger partial charge in [-0.05, 0) is 55.5 Å². The van der Waals surface area contributed by atoms with Gasteiger partial charge in [-0.15, -0.1) is 11.8 Å². The highest BCUT2D eigenvalue weighted by atomic mass is 32.2. The van der Waals surface area contributed by atoms with Crippen molar-refractivity contribution in [1.82, 2.24) is 9.55 Å². The van der Waals surface area contributed by atoms with Crippen molar-refractivity contribution in [3.63, 3.8) is 0 Å². The maximum absolute atomic E-state index is 12.8. The monoisotopic (exact) mass is 437 g/mol. The van der Waals surface area contributed by atoms with E-state index >= 15 is 0 Å². The fourth-order valence-electron chi connectivity index (χ4n) is 3.66. The summed E-state index contributed by atoms with van der Waals surface area (Å²) in [4.78, 5) is 43.0. The Morgan fingerprint density at radius 1 is 1.16 bits per heavy atom. The van der Waals surface area contributed by atoms with Gasteiger partial charge in [0.2, 0.25) is 0 Å². The van der Waals surface area contributed by atoms with Crippen molar-refractivity contribution in [2.24, 2.45) is 0 Å². The van der Waals surface area contributed by atoms with E-state index in [1.807, 2.05) is 24.5 Å². The summed E-state index contributed by atoms with van der Waals surface area (Å²) in [7, 11) is 0. The quantitative estimate of drug-likeness (QED) is 0.484. The largest absolute Gasteiger partial charge is 0.452 e. The summed E-state index contributed by atoms with van der Waals surface area (Å²) < 4.78 is 6.90. The molecule has 31 heavy (non-hydrogen) atoms. The van der Waals surface area contributed by atoms with Crippen LogP contribution in [0.3, 0.4) is 0 Å². The molecular formula is C23H23N3O4S. The predicted octanol–water partition coefficient (Wildman–Crippen LogP) is 3.64. The minimum Gasteiger partial charge on any atom is -0.452 e. The van der Waals surface area contributed by atoms with Crippen LogP contribution in [0.25, 0.3) is 10.9 Å². The maximum Gasteiger partial charge on any atom is 0.338 e. The number of anilines is 1. The lowest BCUT2D eigenvalue weighted by atomic mass is 10.1. The molecular weight excluding hydrogens is 414 g/mol. The van der Waals surface area contributed by atoms with Gasteiger partial charge in [0.25, 0.3) is 11.5 Å². The zero-order chi connectivity index (χ0) is 21.8. The Bertz CT molecular complexity index is 1210. The number of aromatic nitrogens is 2. The summed E-state index contributed by atoms with van der Waals surface area (Å²) in [6.45, 7) is 0.274. The van der Waals surface area contributed by atoms with Crippen molar-refractivity contribution in [1.29, 1.82) is 0 Å². The van der Waals surface area contributed by atoms with Crippen molar-refractivity contribution >= 4 is 40.2 Å². The first-order valence-electron chi connectivity index (χ1n) is 10.2. The number of nitrogens with zero attached hydrogens (tertiary/aromatic N) is 2. The molecule has 160 valence electrons. The van der Waals surface area contributed by atoms with Crippen LogP contribution in [0.4, 0.5) is 5.69 Å². The third kappa shape index (κ3) is 4.80. The smallest absolute Gasteiger partial charge is 0.338 e. The number of nitrogens with one attached hydrogen (secondary N) is 1.